The van der Waals surface area contributed by atoms with Crippen LogP contribution in [0.15, 0.2) is 17.8 Å². The van der Waals surface area contributed by atoms with E-state index >= 15 is 0 Å². The van der Waals surface area contributed by atoms with Gasteiger partial charge < -0.3 is 5.32 Å². The third-order valence-corrected chi connectivity index (χ3v) is 3.89. The maximum Gasteiger partial charge on any atom is 0.220 e. The zero-order valence-electron chi connectivity index (χ0n) is 11.4. The largest absolute Gasteiger partial charge is 0.350 e. The molecule has 0 aliphatic carbocycles. The highest BCUT2D eigenvalue weighted by Gasteiger charge is 2.05. The van der Waals surface area contributed by atoms with E-state index in [-0.39, 0.29) is 5.91 Å². The van der Waals surface area contributed by atoms with E-state index in [1.807, 2.05) is 22.2 Å². The molecule has 0 unspecified atom stereocenters. The number of aromatic nitrogens is 2. The Kier molecular flexibility index (Phi) is 5.39. The number of rotatable bonds is 8. The molecule has 2 aromatic rings. The fourth-order valence-electron chi connectivity index (χ4n) is 2.03. The highest BCUT2D eigenvalue weighted by atomic mass is 32.1. The highest BCUT2D eigenvalue weighted by Crippen LogP contribution is 2.11. The van der Waals surface area contributed by atoms with Gasteiger partial charge in [-0.2, -0.15) is 0 Å². The van der Waals surface area contributed by atoms with Crippen molar-refractivity contribution in [2.45, 2.75) is 52.0 Å². The summed E-state index contributed by atoms with van der Waals surface area (Å²) in [5.41, 5.74) is 0.922. The van der Waals surface area contributed by atoms with Crippen LogP contribution in [0.5, 0.6) is 0 Å². The third-order valence-electron chi connectivity index (χ3n) is 3.12. The second-order valence-corrected chi connectivity index (χ2v) is 5.64. The molecule has 2 heterocycles. The van der Waals surface area contributed by atoms with Crippen molar-refractivity contribution < 1.29 is 4.79 Å². The topological polar surface area (TPSA) is 46.4 Å². The summed E-state index contributed by atoms with van der Waals surface area (Å²) in [4.78, 5) is 17.1. The van der Waals surface area contributed by atoms with Gasteiger partial charge in [0.2, 0.25) is 5.91 Å². The Labute approximate surface area is 117 Å². The summed E-state index contributed by atoms with van der Waals surface area (Å²) in [5.74, 6) is 0.132. The lowest BCUT2D eigenvalue weighted by molar-refractivity contribution is -0.121. The van der Waals surface area contributed by atoms with Gasteiger partial charge >= 0.3 is 0 Å². The molecule has 19 heavy (non-hydrogen) atoms. The van der Waals surface area contributed by atoms with Crippen LogP contribution in [-0.4, -0.2) is 15.3 Å². The number of hydrogen-bond donors (Lipinski definition) is 1. The van der Waals surface area contributed by atoms with Crippen molar-refractivity contribution in [2.75, 3.05) is 0 Å². The summed E-state index contributed by atoms with van der Waals surface area (Å²) >= 11 is 1.60. The van der Waals surface area contributed by atoms with Gasteiger partial charge in [-0.3, -0.25) is 9.20 Å². The monoisotopic (exact) mass is 279 g/mol. The van der Waals surface area contributed by atoms with Crippen LogP contribution >= 0.6 is 11.3 Å². The van der Waals surface area contributed by atoms with Crippen LogP contribution < -0.4 is 5.32 Å². The molecule has 0 fully saturated rings. The average molecular weight is 279 g/mol. The van der Waals surface area contributed by atoms with E-state index < -0.39 is 0 Å². The molecule has 0 aromatic carbocycles. The number of nitrogens with zero attached hydrogens (tertiary/aromatic N) is 2. The number of nitrogens with one attached hydrogen (secondary N) is 1. The van der Waals surface area contributed by atoms with Crippen LogP contribution in [0.25, 0.3) is 4.96 Å². The van der Waals surface area contributed by atoms with Crippen LogP contribution in [0.4, 0.5) is 0 Å². The van der Waals surface area contributed by atoms with Crippen LogP contribution in [-0.2, 0) is 11.3 Å². The summed E-state index contributed by atoms with van der Waals surface area (Å²) in [7, 11) is 0. The second-order valence-electron chi connectivity index (χ2n) is 4.77. The third kappa shape index (κ3) is 4.35. The van der Waals surface area contributed by atoms with Crippen molar-refractivity contribution in [3.63, 3.8) is 0 Å². The molecule has 0 saturated heterocycles. The van der Waals surface area contributed by atoms with Gasteiger partial charge in [-0.15, -0.1) is 11.3 Å². The second kappa shape index (κ2) is 7.28. The zero-order valence-corrected chi connectivity index (χ0v) is 12.2. The first-order chi connectivity index (χ1) is 9.29. The maximum absolute atomic E-state index is 11.7. The van der Waals surface area contributed by atoms with Crippen LogP contribution in [0.3, 0.4) is 0 Å². The van der Waals surface area contributed by atoms with Gasteiger partial charge in [0.25, 0.3) is 0 Å². The number of hydrogen-bond acceptors (Lipinski definition) is 3. The molecular weight excluding hydrogens is 258 g/mol. The Balaban J connectivity index is 1.64. The van der Waals surface area contributed by atoms with Crippen LogP contribution in [0, 0.1) is 0 Å². The lowest BCUT2D eigenvalue weighted by atomic mass is 10.1. The first kappa shape index (κ1) is 14.1. The Morgan fingerprint density at radius 1 is 1.37 bits per heavy atom. The van der Waals surface area contributed by atoms with Crippen molar-refractivity contribution in [2.24, 2.45) is 0 Å². The minimum absolute atomic E-state index is 0.132. The zero-order chi connectivity index (χ0) is 13.5. The number of imidazole rings is 1. The maximum atomic E-state index is 11.7. The number of thiazole rings is 1. The van der Waals surface area contributed by atoms with E-state index in [1.165, 1.54) is 19.3 Å². The Morgan fingerprint density at radius 3 is 3.00 bits per heavy atom. The van der Waals surface area contributed by atoms with E-state index in [0.29, 0.717) is 13.0 Å². The molecule has 1 N–H and O–H groups in total. The molecule has 0 bridgehead atoms. The van der Waals surface area contributed by atoms with Crippen molar-refractivity contribution in [3.8, 4) is 0 Å². The molecule has 0 radical (unpaired) electrons. The molecular formula is C14H21N3OS. The molecule has 0 atom stereocenters. The van der Waals surface area contributed by atoms with E-state index in [1.54, 1.807) is 11.3 Å². The fraction of sp³-hybridized carbons (Fsp3) is 0.571. The van der Waals surface area contributed by atoms with E-state index in [9.17, 15) is 4.79 Å². The molecule has 0 aliphatic rings. The lowest BCUT2D eigenvalue weighted by Crippen LogP contribution is -2.22. The molecule has 1 amide bonds. The van der Waals surface area contributed by atoms with Crippen molar-refractivity contribution in [3.05, 3.63) is 23.5 Å². The fourth-order valence-corrected chi connectivity index (χ4v) is 2.75. The molecule has 0 spiro atoms. The van der Waals surface area contributed by atoms with Gasteiger partial charge in [-0.25, -0.2) is 4.98 Å². The molecule has 5 heteroatoms. The Morgan fingerprint density at radius 2 is 2.21 bits per heavy atom. The Hall–Kier alpha value is -1.36. The van der Waals surface area contributed by atoms with Crippen molar-refractivity contribution >= 4 is 22.2 Å². The predicted molar refractivity (Wildman–Crippen MR) is 78.3 cm³/mol. The molecule has 4 nitrogen and oxygen atoms in total. The highest BCUT2D eigenvalue weighted by molar-refractivity contribution is 7.15. The van der Waals surface area contributed by atoms with Gasteiger partial charge in [-0.05, 0) is 6.42 Å². The number of carbonyl (C=O) groups excluding carboxylic acids is 1. The molecule has 2 aromatic heterocycles. The summed E-state index contributed by atoms with van der Waals surface area (Å²) in [6, 6.07) is 0. The summed E-state index contributed by atoms with van der Waals surface area (Å²) in [5, 5.41) is 4.93. The van der Waals surface area contributed by atoms with E-state index in [4.69, 9.17) is 0 Å². The Bertz CT molecular complexity index is 489. The minimum Gasteiger partial charge on any atom is -0.350 e. The van der Waals surface area contributed by atoms with E-state index in [2.05, 4.69) is 17.2 Å². The molecule has 0 saturated carbocycles. The number of amides is 1. The summed E-state index contributed by atoms with van der Waals surface area (Å²) < 4.78 is 1.98. The first-order valence-corrected chi connectivity index (χ1v) is 7.85. The van der Waals surface area contributed by atoms with Gasteiger partial charge in [0.1, 0.15) is 0 Å². The standard InChI is InChI=1S/C14H21N3OS/c1-2-3-4-5-6-7-13(18)15-10-12-11-17-8-9-19-14(17)16-12/h8-9,11H,2-7,10H2,1H3,(H,15,18). The van der Waals surface area contributed by atoms with Gasteiger partial charge in [0, 0.05) is 24.2 Å². The summed E-state index contributed by atoms with van der Waals surface area (Å²) in [6.07, 6.45) is 10.5. The summed E-state index contributed by atoms with van der Waals surface area (Å²) in [6.45, 7) is 2.73. The quantitative estimate of drug-likeness (QED) is 0.753. The van der Waals surface area contributed by atoms with Crippen molar-refractivity contribution in [1.82, 2.24) is 14.7 Å². The first-order valence-electron chi connectivity index (χ1n) is 6.97. The number of unbranched alkanes of at least 4 members (excludes halogenated alkanes) is 4. The molecule has 104 valence electrons. The van der Waals surface area contributed by atoms with Gasteiger partial charge in [-0.1, -0.05) is 32.6 Å². The van der Waals surface area contributed by atoms with Gasteiger partial charge in [0.05, 0.1) is 12.2 Å². The molecule has 0 aliphatic heterocycles. The smallest absolute Gasteiger partial charge is 0.220 e. The van der Waals surface area contributed by atoms with E-state index in [0.717, 1.165) is 23.5 Å². The number of carbonyl (C=O) groups is 1. The molecule has 2 rings (SSSR count). The van der Waals surface area contributed by atoms with Gasteiger partial charge in [0.15, 0.2) is 4.96 Å². The minimum atomic E-state index is 0.132. The average Bonchev–Trinajstić information content (AvgIpc) is 2.96. The van der Waals surface area contributed by atoms with Crippen LogP contribution in [0.2, 0.25) is 0 Å². The lowest BCUT2D eigenvalue weighted by Gasteiger charge is -2.03. The predicted octanol–water partition coefficient (Wildman–Crippen LogP) is 3.37. The normalized spacial score (nSPS) is 11.0. The number of fused-ring (bicyclic) bond motifs is 1. The SMILES string of the molecule is CCCCCCCC(=O)NCc1cn2ccsc2n1. The van der Waals surface area contributed by atoms with Crippen molar-refractivity contribution in [1.29, 1.82) is 0 Å². The van der Waals surface area contributed by atoms with Crippen LogP contribution in [0.1, 0.15) is 51.1 Å².